The molecule has 29 heavy (non-hydrogen) atoms. The van der Waals surface area contributed by atoms with E-state index < -0.39 is 12.0 Å². The van der Waals surface area contributed by atoms with Crippen LogP contribution in [0.15, 0.2) is 42.5 Å². The minimum absolute atomic E-state index is 0.0999. The Morgan fingerprint density at radius 3 is 2.34 bits per heavy atom. The zero-order valence-electron chi connectivity index (χ0n) is 16.6. The van der Waals surface area contributed by atoms with Crippen molar-refractivity contribution in [1.29, 1.82) is 0 Å². The lowest BCUT2D eigenvalue weighted by Gasteiger charge is -2.27. The average molecular weight is 415 g/mol. The molecule has 1 N–H and O–H groups in total. The first-order valence-corrected chi connectivity index (χ1v) is 9.78. The summed E-state index contributed by atoms with van der Waals surface area (Å²) in [6.45, 7) is 4.28. The van der Waals surface area contributed by atoms with Gasteiger partial charge in [-0.1, -0.05) is 25.4 Å². The van der Waals surface area contributed by atoms with E-state index in [9.17, 15) is 14.4 Å². The first-order chi connectivity index (χ1) is 13.8. The Morgan fingerprint density at radius 1 is 1.07 bits per heavy atom. The van der Waals surface area contributed by atoms with Gasteiger partial charge in [-0.2, -0.15) is 0 Å². The second-order valence-electron chi connectivity index (χ2n) is 7.28. The predicted octanol–water partition coefficient (Wildman–Crippen LogP) is 3.47. The van der Waals surface area contributed by atoms with Crippen molar-refractivity contribution in [3.8, 4) is 0 Å². The van der Waals surface area contributed by atoms with Crippen molar-refractivity contribution in [3.63, 3.8) is 0 Å². The van der Waals surface area contributed by atoms with Crippen LogP contribution in [0.25, 0.3) is 0 Å². The van der Waals surface area contributed by atoms with E-state index in [2.05, 4.69) is 5.32 Å². The zero-order valence-corrected chi connectivity index (χ0v) is 17.3. The molecule has 3 rings (SSSR count). The highest BCUT2D eigenvalue weighted by Crippen LogP contribution is 2.30. The van der Waals surface area contributed by atoms with Crippen LogP contribution in [0, 0.1) is 5.92 Å². The van der Waals surface area contributed by atoms with Gasteiger partial charge >= 0.3 is 5.97 Å². The number of carbonyl (C=O) groups excluding carboxylic acids is 3. The molecule has 0 saturated heterocycles. The number of nitrogens with one attached hydrogen (secondary N) is 1. The summed E-state index contributed by atoms with van der Waals surface area (Å²) in [6.07, 6.45) is 0.641. The molecule has 7 heteroatoms. The fourth-order valence-electron chi connectivity index (χ4n) is 3.38. The van der Waals surface area contributed by atoms with Crippen LogP contribution in [0.4, 0.5) is 5.69 Å². The first kappa shape index (κ1) is 20.9. The number of carbonyl (C=O) groups is 3. The van der Waals surface area contributed by atoms with Crippen LogP contribution in [0.3, 0.4) is 0 Å². The summed E-state index contributed by atoms with van der Waals surface area (Å²) in [5.74, 6) is -1.01. The highest BCUT2D eigenvalue weighted by molar-refractivity contribution is 6.30. The van der Waals surface area contributed by atoms with E-state index in [1.54, 1.807) is 47.4 Å². The normalized spacial score (nSPS) is 13.8. The van der Waals surface area contributed by atoms with Gasteiger partial charge in [-0.3, -0.25) is 9.59 Å². The summed E-state index contributed by atoms with van der Waals surface area (Å²) >= 11 is 5.88. The van der Waals surface area contributed by atoms with Gasteiger partial charge in [-0.15, -0.1) is 0 Å². The molecule has 0 bridgehead atoms. The molecule has 2 aromatic carbocycles. The van der Waals surface area contributed by atoms with Gasteiger partial charge in [-0.05, 0) is 60.4 Å². The van der Waals surface area contributed by atoms with Crippen molar-refractivity contribution in [1.82, 2.24) is 5.32 Å². The van der Waals surface area contributed by atoms with E-state index >= 15 is 0 Å². The first-order valence-electron chi connectivity index (χ1n) is 9.41. The van der Waals surface area contributed by atoms with E-state index in [0.717, 1.165) is 11.3 Å². The number of methoxy groups -OCH3 is 1. The smallest absolute Gasteiger partial charge is 0.337 e. The topological polar surface area (TPSA) is 75.7 Å². The van der Waals surface area contributed by atoms with Gasteiger partial charge in [-0.25, -0.2) is 4.79 Å². The van der Waals surface area contributed by atoms with E-state index in [4.69, 9.17) is 16.3 Å². The van der Waals surface area contributed by atoms with Gasteiger partial charge in [0.25, 0.3) is 5.91 Å². The van der Waals surface area contributed by atoms with Crippen LogP contribution in [-0.2, 0) is 16.0 Å². The third kappa shape index (κ3) is 4.43. The Balaban J connectivity index is 1.80. The minimum atomic E-state index is -0.676. The Morgan fingerprint density at radius 2 is 1.72 bits per heavy atom. The lowest BCUT2D eigenvalue weighted by atomic mass is 10.0. The molecule has 0 saturated carbocycles. The third-order valence-corrected chi connectivity index (χ3v) is 5.24. The van der Waals surface area contributed by atoms with E-state index in [0.29, 0.717) is 29.1 Å². The quantitative estimate of drug-likeness (QED) is 0.760. The molecular formula is C22H23ClN2O4. The zero-order chi connectivity index (χ0) is 21.1. The molecule has 1 atom stereocenters. The number of halogens is 1. The van der Waals surface area contributed by atoms with Gasteiger partial charge in [0.15, 0.2) is 0 Å². The van der Waals surface area contributed by atoms with Crippen molar-refractivity contribution in [2.45, 2.75) is 26.3 Å². The number of anilines is 1. The number of nitrogens with zero attached hydrogens (tertiary/aromatic N) is 1. The number of fused-ring (bicyclic) bond motifs is 1. The molecule has 1 heterocycles. The summed E-state index contributed by atoms with van der Waals surface area (Å²) in [4.78, 5) is 39.3. The fraction of sp³-hybridized carbons (Fsp3) is 0.318. The van der Waals surface area contributed by atoms with Gasteiger partial charge in [0, 0.05) is 22.8 Å². The Bertz CT molecular complexity index is 940. The molecule has 0 aromatic heterocycles. The van der Waals surface area contributed by atoms with Crippen molar-refractivity contribution < 1.29 is 19.1 Å². The molecule has 0 spiro atoms. The maximum absolute atomic E-state index is 13.2. The van der Waals surface area contributed by atoms with E-state index in [1.807, 2.05) is 13.8 Å². The summed E-state index contributed by atoms with van der Waals surface area (Å²) < 4.78 is 4.76. The number of esters is 1. The van der Waals surface area contributed by atoms with Gasteiger partial charge < -0.3 is 15.0 Å². The molecular weight excluding hydrogens is 392 g/mol. The van der Waals surface area contributed by atoms with E-state index in [1.165, 1.54) is 7.11 Å². The molecule has 2 amide bonds. The average Bonchev–Trinajstić information content (AvgIpc) is 3.14. The molecule has 1 unspecified atom stereocenters. The van der Waals surface area contributed by atoms with Crippen molar-refractivity contribution in [2.24, 2.45) is 5.92 Å². The SMILES string of the molecule is COC(=O)c1ccc2c(c1)CCN2C(=O)C(NC(=O)c1ccc(Cl)cc1)C(C)C. The van der Waals surface area contributed by atoms with Gasteiger partial charge in [0.1, 0.15) is 6.04 Å². The summed E-state index contributed by atoms with van der Waals surface area (Å²) in [6, 6.07) is 11.0. The van der Waals surface area contributed by atoms with Crippen LogP contribution in [0.5, 0.6) is 0 Å². The maximum Gasteiger partial charge on any atom is 0.337 e. The van der Waals surface area contributed by atoms with Crippen LogP contribution < -0.4 is 10.2 Å². The van der Waals surface area contributed by atoms with Crippen LogP contribution >= 0.6 is 11.6 Å². The number of hydrogen-bond acceptors (Lipinski definition) is 4. The van der Waals surface area contributed by atoms with Gasteiger partial charge in [0.2, 0.25) is 5.91 Å². The highest BCUT2D eigenvalue weighted by Gasteiger charge is 2.33. The standard InChI is InChI=1S/C22H23ClN2O4/c1-13(2)19(24-20(26)14-4-7-17(23)8-5-14)21(27)25-11-10-15-12-16(22(28)29-3)6-9-18(15)25/h4-9,12-13,19H,10-11H2,1-3H3,(H,24,26). The summed E-state index contributed by atoms with van der Waals surface area (Å²) in [7, 11) is 1.34. The number of amides is 2. The molecule has 152 valence electrons. The predicted molar refractivity (Wildman–Crippen MR) is 111 cm³/mol. The minimum Gasteiger partial charge on any atom is -0.465 e. The molecule has 0 aliphatic carbocycles. The Hall–Kier alpha value is -2.86. The van der Waals surface area contributed by atoms with Crippen LogP contribution in [0.1, 0.15) is 40.1 Å². The third-order valence-electron chi connectivity index (χ3n) is 4.99. The number of rotatable bonds is 5. The van der Waals surface area contributed by atoms with E-state index in [-0.39, 0.29) is 17.7 Å². The second kappa shape index (κ2) is 8.66. The molecule has 0 radical (unpaired) electrons. The largest absolute Gasteiger partial charge is 0.465 e. The molecule has 2 aromatic rings. The molecule has 1 aliphatic heterocycles. The summed E-state index contributed by atoms with van der Waals surface area (Å²) in [5.41, 5.74) is 2.57. The summed E-state index contributed by atoms with van der Waals surface area (Å²) in [5, 5.41) is 3.39. The Kier molecular flexibility index (Phi) is 6.23. The maximum atomic E-state index is 13.2. The number of benzene rings is 2. The molecule has 1 aliphatic rings. The lowest BCUT2D eigenvalue weighted by Crippen LogP contribution is -2.51. The monoisotopic (exact) mass is 414 g/mol. The molecule has 6 nitrogen and oxygen atoms in total. The highest BCUT2D eigenvalue weighted by atomic mass is 35.5. The molecule has 0 fully saturated rings. The van der Waals surface area contributed by atoms with Crippen molar-refractivity contribution >= 4 is 35.1 Å². The lowest BCUT2D eigenvalue weighted by molar-refractivity contribution is -0.121. The number of ether oxygens (including phenoxy) is 1. The van der Waals surface area contributed by atoms with Crippen LogP contribution in [0.2, 0.25) is 5.02 Å². The van der Waals surface area contributed by atoms with Gasteiger partial charge in [0.05, 0.1) is 12.7 Å². The number of hydrogen-bond donors (Lipinski definition) is 1. The fourth-order valence-corrected chi connectivity index (χ4v) is 3.51. The van der Waals surface area contributed by atoms with Crippen LogP contribution in [-0.4, -0.2) is 37.5 Å². The van der Waals surface area contributed by atoms with Crippen molar-refractivity contribution in [2.75, 3.05) is 18.6 Å². The van der Waals surface area contributed by atoms with Crippen molar-refractivity contribution in [3.05, 3.63) is 64.2 Å². The Labute approximate surface area is 174 Å². The second-order valence-corrected chi connectivity index (χ2v) is 7.71.